The van der Waals surface area contributed by atoms with Gasteiger partial charge in [0.15, 0.2) is 0 Å². The first-order valence-electron chi connectivity index (χ1n) is 12.3. The van der Waals surface area contributed by atoms with Crippen LogP contribution in [0.2, 0.25) is 0 Å². The summed E-state index contributed by atoms with van der Waals surface area (Å²) in [5.74, 6) is -2.82. The molecule has 0 aliphatic carbocycles. The van der Waals surface area contributed by atoms with Crippen LogP contribution in [0.1, 0.15) is 116 Å². The normalized spacial score (nSPS) is 14.0. The molecule has 0 heterocycles. The predicted molar refractivity (Wildman–Crippen MR) is 140 cm³/mol. The molecule has 0 spiro atoms. The van der Waals surface area contributed by atoms with Crippen LogP contribution in [0.4, 0.5) is 8.78 Å². The van der Waals surface area contributed by atoms with Crippen LogP contribution in [0.15, 0.2) is 36.4 Å². The summed E-state index contributed by atoms with van der Waals surface area (Å²) < 4.78 is 30.9. The standard InChI is InChI=1S/C31H46F2/c1-27(2,3)23-15-14-22(25(18-23)29(7,8)9)20-31(32,33)19-21-13-16-24(28(4,5)6)26(17-21)30(10,11)12/h13-18H,19-20H2,1-12H3. The van der Waals surface area contributed by atoms with E-state index in [-0.39, 0.29) is 34.5 Å². The summed E-state index contributed by atoms with van der Waals surface area (Å²) in [4.78, 5) is 0. The summed E-state index contributed by atoms with van der Waals surface area (Å²) in [5.41, 5.74) is 5.73. The van der Waals surface area contributed by atoms with E-state index in [1.54, 1.807) is 0 Å². The van der Waals surface area contributed by atoms with E-state index in [1.807, 2.05) is 24.3 Å². The van der Waals surface area contributed by atoms with E-state index in [9.17, 15) is 0 Å². The quantitative estimate of drug-likeness (QED) is 0.430. The molecule has 0 nitrogen and oxygen atoms in total. The molecule has 2 aromatic carbocycles. The largest absolute Gasteiger partial charge is 0.256 e. The molecule has 0 unspecified atom stereocenters. The molecule has 0 N–H and O–H groups in total. The van der Waals surface area contributed by atoms with E-state index in [4.69, 9.17) is 0 Å². The van der Waals surface area contributed by atoms with Crippen molar-refractivity contribution in [1.82, 2.24) is 0 Å². The molecule has 0 aromatic heterocycles. The van der Waals surface area contributed by atoms with Crippen LogP contribution in [-0.4, -0.2) is 5.92 Å². The number of benzene rings is 2. The van der Waals surface area contributed by atoms with Crippen LogP contribution in [0.3, 0.4) is 0 Å². The maximum Gasteiger partial charge on any atom is 0.256 e. The van der Waals surface area contributed by atoms with E-state index in [0.717, 1.165) is 16.7 Å². The van der Waals surface area contributed by atoms with E-state index in [1.165, 1.54) is 11.1 Å². The third-order valence-corrected chi connectivity index (χ3v) is 6.40. The van der Waals surface area contributed by atoms with Gasteiger partial charge >= 0.3 is 0 Å². The molecule has 0 radical (unpaired) electrons. The Labute approximate surface area is 202 Å². The Morgan fingerprint density at radius 1 is 0.515 bits per heavy atom. The van der Waals surface area contributed by atoms with E-state index in [0.29, 0.717) is 5.56 Å². The second-order valence-electron chi connectivity index (χ2n) is 14.0. The SMILES string of the molecule is CC(C)(C)c1ccc(CC(F)(F)Cc2ccc(C(C)(C)C)c(C(C)(C)C)c2)c(C(C)(C)C)c1. The smallest absolute Gasteiger partial charge is 0.206 e. The molecule has 2 heteroatoms. The summed E-state index contributed by atoms with van der Waals surface area (Å²) >= 11 is 0. The molecule has 184 valence electrons. The highest BCUT2D eigenvalue weighted by atomic mass is 19.3. The predicted octanol–water partition coefficient (Wildman–Crippen LogP) is 9.30. The fourth-order valence-electron chi connectivity index (χ4n) is 4.51. The van der Waals surface area contributed by atoms with Gasteiger partial charge in [0.25, 0.3) is 5.92 Å². The van der Waals surface area contributed by atoms with Crippen molar-refractivity contribution in [3.63, 3.8) is 0 Å². The maximum atomic E-state index is 15.5. The van der Waals surface area contributed by atoms with Crippen LogP contribution in [0, 0.1) is 0 Å². The number of rotatable bonds is 4. The molecule has 33 heavy (non-hydrogen) atoms. The molecule has 2 aromatic rings. The molecule has 2 rings (SSSR count). The van der Waals surface area contributed by atoms with Gasteiger partial charge in [-0.2, -0.15) is 0 Å². The minimum absolute atomic E-state index is 0.0147. The summed E-state index contributed by atoms with van der Waals surface area (Å²) in [6.45, 7) is 25.8. The van der Waals surface area contributed by atoms with E-state index in [2.05, 4.69) is 95.2 Å². The van der Waals surface area contributed by atoms with Crippen molar-refractivity contribution in [2.24, 2.45) is 0 Å². The van der Waals surface area contributed by atoms with Crippen molar-refractivity contribution < 1.29 is 8.78 Å². The monoisotopic (exact) mass is 456 g/mol. The van der Waals surface area contributed by atoms with Gasteiger partial charge in [0.1, 0.15) is 0 Å². The number of alkyl halides is 2. The summed E-state index contributed by atoms with van der Waals surface area (Å²) in [7, 11) is 0. The van der Waals surface area contributed by atoms with Gasteiger partial charge in [-0.05, 0) is 55.0 Å². The lowest BCUT2D eigenvalue weighted by Gasteiger charge is -2.31. The summed E-state index contributed by atoms with van der Waals surface area (Å²) in [6.07, 6.45) is -0.485. The molecular weight excluding hydrogens is 410 g/mol. The molecule has 0 aliphatic heterocycles. The Balaban J connectivity index is 2.43. The van der Waals surface area contributed by atoms with Gasteiger partial charge in [-0.1, -0.05) is 119 Å². The Hall–Kier alpha value is -1.70. The molecule has 0 bridgehead atoms. The average molecular weight is 457 g/mol. The van der Waals surface area contributed by atoms with Crippen molar-refractivity contribution in [3.8, 4) is 0 Å². The second-order valence-corrected chi connectivity index (χ2v) is 14.0. The number of hydrogen-bond donors (Lipinski definition) is 0. The molecule has 0 atom stereocenters. The zero-order valence-electron chi connectivity index (χ0n) is 23.1. The van der Waals surface area contributed by atoms with E-state index < -0.39 is 5.92 Å². The fraction of sp³-hybridized carbons (Fsp3) is 0.613. The Morgan fingerprint density at radius 3 is 1.48 bits per heavy atom. The van der Waals surface area contributed by atoms with Gasteiger partial charge in [0, 0.05) is 12.8 Å². The first-order valence-corrected chi connectivity index (χ1v) is 12.3. The maximum absolute atomic E-state index is 15.5. The van der Waals surface area contributed by atoms with Crippen molar-refractivity contribution in [2.45, 2.75) is 124 Å². The van der Waals surface area contributed by atoms with Crippen molar-refractivity contribution in [2.75, 3.05) is 0 Å². The highest BCUT2D eigenvalue weighted by Gasteiger charge is 2.34. The Bertz CT molecular complexity index is 968. The first-order chi connectivity index (χ1) is 14.6. The Kier molecular flexibility index (Phi) is 7.36. The molecular formula is C31H46F2. The van der Waals surface area contributed by atoms with Crippen LogP contribution in [0.25, 0.3) is 0 Å². The first kappa shape index (κ1) is 27.5. The minimum atomic E-state index is -2.82. The fourth-order valence-corrected chi connectivity index (χ4v) is 4.51. The molecule has 0 amide bonds. The summed E-state index contributed by atoms with van der Waals surface area (Å²) in [6, 6.07) is 12.1. The topological polar surface area (TPSA) is 0 Å². The third kappa shape index (κ3) is 7.14. The van der Waals surface area contributed by atoms with E-state index >= 15 is 8.78 Å². The van der Waals surface area contributed by atoms with Gasteiger partial charge in [0.05, 0.1) is 0 Å². The zero-order valence-corrected chi connectivity index (χ0v) is 23.1. The molecule has 0 aliphatic rings. The minimum Gasteiger partial charge on any atom is -0.206 e. The van der Waals surface area contributed by atoms with Gasteiger partial charge in [-0.15, -0.1) is 0 Å². The molecule has 0 saturated heterocycles. The summed E-state index contributed by atoms with van der Waals surface area (Å²) in [5, 5.41) is 0. The highest BCUT2D eigenvalue weighted by molar-refractivity contribution is 5.42. The van der Waals surface area contributed by atoms with Gasteiger partial charge in [0.2, 0.25) is 0 Å². The molecule has 0 fully saturated rings. The van der Waals surface area contributed by atoms with Crippen molar-refractivity contribution in [1.29, 1.82) is 0 Å². The zero-order chi connectivity index (χ0) is 25.6. The van der Waals surface area contributed by atoms with Gasteiger partial charge in [-0.25, -0.2) is 8.78 Å². The van der Waals surface area contributed by atoms with Crippen LogP contribution < -0.4 is 0 Å². The van der Waals surface area contributed by atoms with Gasteiger partial charge < -0.3 is 0 Å². The van der Waals surface area contributed by atoms with Crippen LogP contribution in [0.5, 0.6) is 0 Å². The number of halogens is 2. The van der Waals surface area contributed by atoms with Gasteiger partial charge in [-0.3, -0.25) is 0 Å². The average Bonchev–Trinajstić information content (AvgIpc) is 2.57. The lowest BCUT2D eigenvalue weighted by atomic mass is 9.74. The Morgan fingerprint density at radius 2 is 1.03 bits per heavy atom. The molecule has 0 saturated carbocycles. The van der Waals surface area contributed by atoms with Crippen molar-refractivity contribution in [3.05, 3.63) is 69.8 Å². The third-order valence-electron chi connectivity index (χ3n) is 6.40. The lowest BCUT2D eigenvalue weighted by Crippen LogP contribution is -2.27. The second kappa shape index (κ2) is 8.82. The van der Waals surface area contributed by atoms with Crippen molar-refractivity contribution >= 4 is 0 Å². The van der Waals surface area contributed by atoms with Crippen LogP contribution >= 0.6 is 0 Å². The van der Waals surface area contributed by atoms with Crippen LogP contribution in [-0.2, 0) is 34.5 Å². The number of hydrogen-bond acceptors (Lipinski definition) is 0. The lowest BCUT2D eigenvalue weighted by molar-refractivity contribution is 0.00175. The highest BCUT2D eigenvalue weighted by Crippen LogP contribution is 2.38.